The topological polar surface area (TPSA) is 43.7 Å². The smallest absolute Gasteiger partial charge is 0.109 e. The van der Waals surface area contributed by atoms with Crippen LogP contribution in [0.4, 0.5) is 5.69 Å². The largest absolute Gasteiger partial charge is 0.511 e. The number of nitrogens with zero attached hydrogens (tertiary/aromatic N) is 1. The van der Waals surface area contributed by atoms with Crippen LogP contribution in [0.2, 0.25) is 0 Å². The summed E-state index contributed by atoms with van der Waals surface area (Å²) < 4.78 is 0. The van der Waals surface area contributed by atoms with E-state index in [1.54, 1.807) is 0 Å². The normalized spacial score (nSPS) is 20.7. The van der Waals surface area contributed by atoms with Crippen LogP contribution in [0.5, 0.6) is 0 Å². The predicted octanol–water partition coefficient (Wildman–Crippen LogP) is 3.49. The molecule has 114 valence electrons. The van der Waals surface area contributed by atoms with Crippen molar-refractivity contribution in [2.24, 2.45) is 0 Å². The van der Waals surface area contributed by atoms with E-state index >= 15 is 0 Å². The highest BCUT2D eigenvalue weighted by molar-refractivity contribution is 5.80. The van der Waals surface area contributed by atoms with Gasteiger partial charge in [0.25, 0.3) is 0 Å². The Labute approximate surface area is 131 Å². The van der Waals surface area contributed by atoms with Gasteiger partial charge in [-0.3, -0.25) is 0 Å². The van der Waals surface area contributed by atoms with Crippen LogP contribution < -0.4 is 4.90 Å². The third kappa shape index (κ3) is 2.38. The van der Waals surface area contributed by atoms with Crippen LogP contribution >= 0.6 is 0 Å². The Morgan fingerprint density at radius 1 is 0.909 bits per heavy atom. The second-order valence-corrected chi connectivity index (χ2v) is 6.07. The Hall–Kier alpha value is -2.26. The van der Waals surface area contributed by atoms with Crippen molar-refractivity contribution in [3.05, 3.63) is 71.0 Å². The molecule has 2 atom stereocenters. The van der Waals surface area contributed by atoms with Crippen molar-refractivity contribution in [2.75, 3.05) is 19.0 Å². The number of hydrogen-bond acceptors (Lipinski definition) is 3. The molecule has 1 aliphatic carbocycles. The lowest BCUT2D eigenvalue weighted by molar-refractivity contribution is 0.153. The highest BCUT2D eigenvalue weighted by Crippen LogP contribution is 2.46. The van der Waals surface area contributed by atoms with Gasteiger partial charge >= 0.3 is 0 Å². The van der Waals surface area contributed by atoms with Crippen LogP contribution in [0.15, 0.2) is 54.3 Å². The van der Waals surface area contributed by atoms with Gasteiger partial charge in [-0.2, -0.15) is 0 Å². The minimum atomic E-state index is -0.659. The summed E-state index contributed by atoms with van der Waals surface area (Å²) in [4.78, 5) is 2.02. The summed E-state index contributed by atoms with van der Waals surface area (Å²) in [5.74, 6) is -0.0434. The monoisotopic (exact) mass is 295 g/mol. The third-order valence-corrected chi connectivity index (χ3v) is 4.31. The summed E-state index contributed by atoms with van der Waals surface area (Å²) >= 11 is 0. The molecule has 0 saturated carbocycles. The molecular weight excluding hydrogens is 274 g/mol. The van der Waals surface area contributed by atoms with Crippen molar-refractivity contribution in [3.8, 4) is 0 Å². The average molecular weight is 295 g/mol. The molecule has 0 saturated heterocycles. The minimum Gasteiger partial charge on any atom is -0.511 e. The molecule has 3 heteroatoms. The zero-order valence-corrected chi connectivity index (χ0v) is 13.1. The van der Waals surface area contributed by atoms with Gasteiger partial charge in [-0.05, 0) is 30.2 Å². The molecule has 0 aromatic heterocycles. The van der Waals surface area contributed by atoms with Crippen LogP contribution in [0.1, 0.15) is 22.6 Å². The van der Waals surface area contributed by atoms with E-state index in [1.165, 1.54) is 5.56 Å². The van der Waals surface area contributed by atoms with E-state index in [1.807, 2.05) is 74.4 Å². The summed E-state index contributed by atoms with van der Waals surface area (Å²) in [7, 11) is 3.97. The van der Waals surface area contributed by atoms with Crippen LogP contribution in [-0.2, 0) is 0 Å². The summed E-state index contributed by atoms with van der Waals surface area (Å²) in [6, 6.07) is 15.8. The Morgan fingerprint density at radius 3 is 2.00 bits per heavy atom. The summed E-state index contributed by atoms with van der Waals surface area (Å²) in [5.41, 5.74) is 4.72. The zero-order chi connectivity index (χ0) is 15.9. The second kappa shape index (κ2) is 5.50. The van der Waals surface area contributed by atoms with Gasteiger partial charge < -0.3 is 15.1 Å². The number of aliphatic hydroxyl groups excluding tert-OH is 2. The fraction of sp³-hybridized carbons (Fsp3) is 0.263. The number of aliphatic hydroxyl groups is 2. The fourth-order valence-corrected chi connectivity index (χ4v) is 2.91. The lowest BCUT2D eigenvalue weighted by Gasteiger charge is -2.36. The zero-order valence-electron chi connectivity index (χ0n) is 13.1. The fourth-order valence-electron chi connectivity index (χ4n) is 2.91. The van der Waals surface area contributed by atoms with Crippen LogP contribution in [0.3, 0.4) is 0 Å². The van der Waals surface area contributed by atoms with Gasteiger partial charge in [0.1, 0.15) is 5.76 Å². The molecule has 22 heavy (non-hydrogen) atoms. The Balaban J connectivity index is 1.90. The molecule has 0 bridgehead atoms. The van der Waals surface area contributed by atoms with Gasteiger partial charge in [-0.15, -0.1) is 0 Å². The van der Waals surface area contributed by atoms with Crippen molar-refractivity contribution >= 4 is 11.3 Å². The SMILES string of the molecule is Cc1ccc(C2C(O)=C(c3ccc(N(C)C)cc3)C2O)cc1. The minimum absolute atomic E-state index is 0.272. The number of anilines is 1. The van der Waals surface area contributed by atoms with E-state index in [4.69, 9.17) is 0 Å². The predicted molar refractivity (Wildman–Crippen MR) is 90.2 cm³/mol. The maximum absolute atomic E-state index is 10.5. The average Bonchev–Trinajstić information content (AvgIpc) is 2.50. The molecule has 3 nitrogen and oxygen atoms in total. The molecular formula is C19H21NO2. The van der Waals surface area contributed by atoms with Crippen LogP contribution in [-0.4, -0.2) is 30.4 Å². The number of benzene rings is 2. The highest BCUT2D eigenvalue weighted by Gasteiger charge is 2.41. The maximum Gasteiger partial charge on any atom is 0.109 e. The molecule has 2 aromatic carbocycles. The van der Waals surface area contributed by atoms with Crippen molar-refractivity contribution in [1.82, 2.24) is 0 Å². The molecule has 0 spiro atoms. The maximum atomic E-state index is 10.5. The van der Waals surface area contributed by atoms with Gasteiger partial charge in [0, 0.05) is 25.4 Å². The Bertz CT molecular complexity index is 699. The quantitative estimate of drug-likeness (QED) is 0.911. The molecule has 2 N–H and O–H groups in total. The van der Waals surface area contributed by atoms with Crippen molar-refractivity contribution in [2.45, 2.75) is 18.9 Å². The standard InChI is InChI=1S/C19H21NO2/c1-12-4-6-13(7-5-12)16-18(21)17(19(16)22)14-8-10-15(11-9-14)20(2)3/h4-11,16,18,21-22H,1-3H3. The first-order valence-electron chi connectivity index (χ1n) is 7.44. The Morgan fingerprint density at radius 2 is 1.50 bits per heavy atom. The van der Waals surface area contributed by atoms with Crippen LogP contribution in [0.25, 0.3) is 5.57 Å². The van der Waals surface area contributed by atoms with Gasteiger partial charge in [0.2, 0.25) is 0 Å². The lowest BCUT2D eigenvalue weighted by atomic mass is 9.73. The second-order valence-electron chi connectivity index (χ2n) is 6.07. The van der Waals surface area contributed by atoms with Gasteiger partial charge in [0.15, 0.2) is 0 Å². The molecule has 2 unspecified atom stereocenters. The van der Waals surface area contributed by atoms with Gasteiger partial charge in [0.05, 0.1) is 12.0 Å². The molecule has 1 aliphatic rings. The lowest BCUT2D eigenvalue weighted by Crippen LogP contribution is -2.33. The van der Waals surface area contributed by atoms with E-state index in [0.717, 1.165) is 16.8 Å². The van der Waals surface area contributed by atoms with Crippen molar-refractivity contribution in [1.29, 1.82) is 0 Å². The Kier molecular flexibility index (Phi) is 3.67. The van der Waals surface area contributed by atoms with Crippen molar-refractivity contribution < 1.29 is 10.2 Å². The molecule has 0 fully saturated rings. The van der Waals surface area contributed by atoms with E-state index in [9.17, 15) is 10.2 Å². The van der Waals surface area contributed by atoms with Gasteiger partial charge in [-0.1, -0.05) is 42.0 Å². The summed E-state index contributed by atoms with van der Waals surface area (Å²) in [5, 5.41) is 20.9. The van der Waals surface area contributed by atoms with Crippen LogP contribution in [0, 0.1) is 6.92 Å². The molecule has 0 radical (unpaired) electrons. The first kappa shape index (κ1) is 14.7. The van der Waals surface area contributed by atoms with Gasteiger partial charge in [-0.25, -0.2) is 0 Å². The molecule has 0 aliphatic heterocycles. The first-order chi connectivity index (χ1) is 10.5. The van der Waals surface area contributed by atoms with E-state index in [-0.39, 0.29) is 11.7 Å². The third-order valence-electron chi connectivity index (χ3n) is 4.31. The van der Waals surface area contributed by atoms with E-state index in [2.05, 4.69) is 0 Å². The summed E-state index contributed by atoms with van der Waals surface area (Å²) in [6.07, 6.45) is -0.659. The number of rotatable bonds is 3. The summed E-state index contributed by atoms with van der Waals surface area (Å²) in [6.45, 7) is 2.02. The molecule has 3 rings (SSSR count). The number of aryl methyl sites for hydroxylation is 1. The van der Waals surface area contributed by atoms with E-state index < -0.39 is 6.10 Å². The van der Waals surface area contributed by atoms with E-state index in [0.29, 0.717) is 5.57 Å². The number of hydrogen-bond donors (Lipinski definition) is 2. The molecule has 0 heterocycles. The first-order valence-corrected chi connectivity index (χ1v) is 7.44. The molecule has 0 amide bonds. The van der Waals surface area contributed by atoms with Crippen molar-refractivity contribution in [3.63, 3.8) is 0 Å². The highest BCUT2D eigenvalue weighted by atomic mass is 16.3. The molecule has 2 aromatic rings.